The number of rotatable bonds is 1. The molecule has 3 nitrogen and oxygen atoms in total. The van der Waals surface area contributed by atoms with Crippen molar-refractivity contribution in [2.75, 3.05) is 0 Å². The summed E-state index contributed by atoms with van der Waals surface area (Å²) in [6.45, 7) is 3.64. The predicted molar refractivity (Wildman–Crippen MR) is 76.9 cm³/mol. The minimum atomic E-state index is -0.686. The summed E-state index contributed by atoms with van der Waals surface area (Å²) < 4.78 is 19.2. The highest BCUT2D eigenvalue weighted by atomic mass is 19.1. The number of aliphatic hydroxyl groups excluding tert-OH is 1. The Labute approximate surface area is 122 Å². The van der Waals surface area contributed by atoms with Crippen LogP contribution in [0.4, 0.5) is 4.39 Å². The number of phenols is 1. The zero-order valence-corrected chi connectivity index (χ0v) is 11.9. The van der Waals surface area contributed by atoms with E-state index in [1.165, 1.54) is 12.1 Å². The van der Waals surface area contributed by atoms with Gasteiger partial charge in [0.2, 0.25) is 0 Å². The molecule has 1 heterocycles. The third kappa shape index (κ3) is 2.47. The van der Waals surface area contributed by atoms with Crippen LogP contribution in [-0.4, -0.2) is 10.2 Å². The molecule has 2 aromatic carbocycles. The fraction of sp³-hybridized carbons (Fsp3) is 0.294. The highest BCUT2D eigenvalue weighted by Crippen LogP contribution is 2.42. The molecule has 2 N–H and O–H groups in total. The van der Waals surface area contributed by atoms with E-state index in [9.17, 15) is 14.6 Å². The van der Waals surface area contributed by atoms with Crippen LogP contribution in [0.25, 0.3) is 0 Å². The number of hydrogen-bond acceptors (Lipinski definition) is 3. The van der Waals surface area contributed by atoms with Crippen molar-refractivity contribution in [2.45, 2.75) is 32.5 Å². The van der Waals surface area contributed by atoms with E-state index in [-0.39, 0.29) is 17.7 Å². The highest BCUT2D eigenvalue weighted by molar-refractivity contribution is 5.44. The first-order chi connectivity index (χ1) is 9.95. The summed E-state index contributed by atoms with van der Waals surface area (Å²) in [6, 6.07) is 7.85. The van der Waals surface area contributed by atoms with Gasteiger partial charge in [0.25, 0.3) is 0 Å². The number of aromatic hydroxyl groups is 1. The number of ether oxygens (including phenoxy) is 1. The van der Waals surface area contributed by atoms with E-state index in [2.05, 4.69) is 0 Å². The molecule has 4 heteroatoms. The van der Waals surface area contributed by atoms with Gasteiger partial charge in [0, 0.05) is 18.1 Å². The Kier molecular flexibility index (Phi) is 3.33. The van der Waals surface area contributed by atoms with Gasteiger partial charge in [-0.3, -0.25) is 0 Å². The third-order valence-corrected chi connectivity index (χ3v) is 3.93. The molecule has 0 saturated heterocycles. The number of aryl methyl sites for hydroxylation is 2. The minimum Gasteiger partial charge on any atom is -0.507 e. The summed E-state index contributed by atoms with van der Waals surface area (Å²) in [4.78, 5) is 0. The van der Waals surface area contributed by atoms with Gasteiger partial charge in [-0.1, -0.05) is 0 Å². The Hall–Kier alpha value is -2.07. The first kappa shape index (κ1) is 13.9. The van der Waals surface area contributed by atoms with Gasteiger partial charge in [-0.2, -0.15) is 0 Å². The van der Waals surface area contributed by atoms with Gasteiger partial charge in [-0.05, 0) is 54.8 Å². The Morgan fingerprint density at radius 2 is 1.81 bits per heavy atom. The molecule has 0 aliphatic carbocycles. The molecule has 110 valence electrons. The van der Waals surface area contributed by atoms with Crippen molar-refractivity contribution >= 4 is 0 Å². The van der Waals surface area contributed by atoms with Crippen molar-refractivity contribution in [3.8, 4) is 11.5 Å². The van der Waals surface area contributed by atoms with Gasteiger partial charge in [0.15, 0.2) is 0 Å². The van der Waals surface area contributed by atoms with Gasteiger partial charge >= 0.3 is 0 Å². The second kappa shape index (κ2) is 5.04. The average Bonchev–Trinajstić information content (AvgIpc) is 2.43. The van der Waals surface area contributed by atoms with Crippen molar-refractivity contribution < 1.29 is 19.3 Å². The van der Waals surface area contributed by atoms with Gasteiger partial charge < -0.3 is 14.9 Å². The topological polar surface area (TPSA) is 49.7 Å². The molecule has 0 fully saturated rings. The summed E-state index contributed by atoms with van der Waals surface area (Å²) in [7, 11) is 0. The molecular formula is C17H17FO3. The number of aliphatic hydroxyl groups is 1. The highest BCUT2D eigenvalue weighted by Gasteiger charge is 2.28. The molecule has 3 rings (SSSR count). The maximum atomic E-state index is 13.3. The molecule has 0 amide bonds. The molecular weight excluding hydrogens is 271 g/mol. The van der Waals surface area contributed by atoms with Crippen LogP contribution in [-0.2, 0) is 0 Å². The van der Waals surface area contributed by atoms with Gasteiger partial charge in [-0.25, -0.2) is 4.39 Å². The Balaban J connectivity index is 1.99. The van der Waals surface area contributed by atoms with Crippen LogP contribution in [0.5, 0.6) is 11.5 Å². The molecule has 2 atom stereocenters. The SMILES string of the molecule is Cc1cc(C2CC(O)c3ccc(F)cc3O2)cc(C)c1O. The van der Waals surface area contributed by atoms with Crippen LogP contribution in [0.15, 0.2) is 30.3 Å². The fourth-order valence-corrected chi connectivity index (χ4v) is 2.80. The number of halogens is 1. The molecule has 21 heavy (non-hydrogen) atoms. The van der Waals surface area contributed by atoms with Crippen LogP contribution in [0.3, 0.4) is 0 Å². The maximum absolute atomic E-state index is 13.3. The lowest BCUT2D eigenvalue weighted by Crippen LogP contribution is -2.19. The Bertz CT molecular complexity index is 673. The first-order valence-electron chi connectivity index (χ1n) is 6.90. The van der Waals surface area contributed by atoms with Crippen LogP contribution in [0.1, 0.15) is 40.9 Å². The van der Waals surface area contributed by atoms with E-state index in [0.29, 0.717) is 17.7 Å². The number of benzene rings is 2. The lowest BCUT2D eigenvalue weighted by molar-refractivity contribution is 0.0653. The van der Waals surface area contributed by atoms with Gasteiger partial charge in [0.05, 0.1) is 6.10 Å². The lowest BCUT2D eigenvalue weighted by Gasteiger charge is -2.30. The van der Waals surface area contributed by atoms with Gasteiger partial charge in [-0.15, -0.1) is 0 Å². The molecule has 2 unspecified atom stereocenters. The van der Waals surface area contributed by atoms with Crippen LogP contribution < -0.4 is 4.74 Å². The third-order valence-electron chi connectivity index (χ3n) is 3.93. The smallest absolute Gasteiger partial charge is 0.128 e. The van der Waals surface area contributed by atoms with Crippen molar-refractivity contribution in [1.29, 1.82) is 0 Å². The normalized spacial score (nSPS) is 20.8. The van der Waals surface area contributed by atoms with E-state index in [1.54, 1.807) is 6.07 Å². The zero-order chi connectivity index (χ0) is 15.1. The lowest BCUT2D eigenvalue weighted by atomic mass is 9.93. The Morgan fingerprint density at radius 3 is 2.48 bits per heavy atom. The molecule has 1 aliphatic rings. The average molecular weight is 288 g/mol. The molecule has 2 aromatic rings. The van der Waals surface area contributed by atoms with E-state index >= 15 is 0 Å². The maximum Gasteiger partial charge on any atom is 0.128 e. The summed E-state index contributed by atoms with van der Waals surface area (Å²) in [5, 5.41) is 20.1. The number of hydrogen-bond donors (Lipinski definition) is 2. The largest absolute Gasteiger partial charge is 0.507 e. The summed E-state index contributed by atoms with van der Waals surface area (Å²) in [5.74, 6) is 0.253. The van der Waals surface area contributed by atoms with Gasteiger partial charge in [0.1, 0.15) is 23.4 Å². The van der Waals surface area contributed by atoms with Crippen molar-refractivity contribution in [3.05, 3.63) is 58.4 Å². The van der Waals surface area contributed by atoms with E-state index < -0.39 is 6.10 Å². The van der Waals surface area contributed by atoms with Crippen LogP contribution in [0.2, 0.25) is 0 Å². The summed E-state index contributed by atoms with van der Waals surface area (Å²) in [5.41, 5.74) is 3.00. The molecule has 0 aromatic heterocycles. The van der Waals surface area contributed by atoms with Crippen molar-refractivity contribution in [2.24, 2.45) is 0 Å². The molecule has 0 radical (unpaired) electrons. The molecule has 0 spiro atoms. The monoisotopic (exact) mass is 288 g/mol. The van der Waals surface area contributed by atoms with Crippen LogP contribution >= 0.6 is 0 Å². The fourth-order valence-electron chi connectivity index (χ4n) is 2.80. The van der Waals surface area contributed by atoms with E-state index in [4.69, 9.17) is 4.74 Å². The second-order valence-corrected chi connectivity index (χ2v) is 5.54. The van der Waals surface area contributed by atoms with Crippen molar-refractivity contribution in [1.82, 2.24) is 0 Å². The van der Waals surface area contributed by atoms with E-state index in [0.717, 1.165) is 16.7 Å². The minimum absolute atomic E-state index is 0.265. The summed E-state index contributed by atoms with van der Waals surface area (Å²) in [6.07, 6.45) is -0.636. The number of fused-ring (bicyclic) bond motifs is 1. The number of phenolic OH excluding ortho intramolecular Hbond substituents is 1. The first-order valence-corrected chi connectivity index (χ1v) is 6.90. The predicted octanol–water partition coefficient (Wildman–Crippen LogP) is 3.71. The van der Waals surface area contributed by atoms with E-state index in [1.807, 2.05) is 26.0 Å². The molecule has 0 saturated carbocycles. The quantitative estimate of drug-likeness (QED) is 0.841. The second-order valence-electron chi connectivity index (χ2n) is 5.54. The summed E-state index contributed by atoms with van der Waals surface area (Å²) >= 11 is 0. The molecule has 1 aliphatic heterocycles. The Morgan fingerprint density at radius 1 is 1.14 bits per heavy atom. The standard InChI is InChI=1S/C17H17FO3/c1-9-5-11(6-10(2)17(9)20)15-8-14(19)13-4-3-12(18)7-16(13)21-15/h3-7,14-15,19-20H,8H2,1-2H3. The zero-order valence-electron chi connectivity index (χ0n) is 11.9. The van der Waals surface area contributed by atoms with Crippen molar-refractivity contribution in [3.63, 3.8) is 0 Å². The molecule has 0 bridgehead atoms. The van der Waals surface area contributed by atoms with Crippen LogP contribution in [0, 0.1) is 19.7 Å².